The van der Waals surface area contributed by atoms with Crippen LogP contribution in [0.3, 0.4) is 0 Å². The third-order valence-corrected chi connectivity index (χ3v) is 3.73. The van der Waals surface area contributed by atoms with Crippen molar-refractivity contribution < 1.29 is 4.79 Å². The molecule has 0 fully saturated rings. The second-order valence-corrected chi connectivity index (χ2v) is 6.06. The van der Waals surface area contributed by atoms with Crippen LogP contribution in [0.15, 0.2) is 24.3 Å². The number of para-hydroxylation sites is 1. The summed E-state index contributed by atoms with van der Waals surface area (Å²) in [5.74, 6) is 0.200. The van der Waals surface area contributed by atoms with Crippen LogP contribution in [0.2, 0.25) is 0 Å². The van der Waals surface area contributed by atoms with Gasteiger partial charge in [-0.25, -0.2) is 0 Å². The molecule has 19 heavy (non-hydrogen) atoms. The van der Waals surface area contributed by atoms with E-state index < -0.39 is 0 Å². The lowest BCUT2D eigenvalue weighted by molar-refractivity contribution is -0.126. The van der Waals surface area contributed by atoms with Crippen molar-refractivity contribution in [3.8, 4) is 0 Å². The first-order chi connectivity index (χ1) is 9.02. The van der Waals surface area contributed by atoms with Gasteiger partial charge >= 0.3 is 0 Å². The Labute approximate surface area is 115 Å². The molecule has 2 N–H and O–H groups in total. The Kier molecular flexibility index (Phi) is 4.13. The summed E-state index contributed by atoms with van der Waals surface area (Å²) >= 11 is 0. The van der Waals surface area contributed by atoms with Crippen LogP contribution in [-0.2, 0) is 11.2 Å². The van der Waals surface area contributed by atoms with Gasteiger partial charge in [0.2, 0.25) is 5.91 Å². The number of carbonyl (C=O) groups excluding carboxylic acids is 1. The summed E-state index contributed by atoms with van der Waals surface area (Å²) < 4.78 is 0. The summed E-state index contributed by atoms with van der Waals surface area (Å²) in [5.41, 5.74) is 2.30. The van der Waals surface area contributed by atoms with Gasteiger partial charge in [0.1, 0.15) is 0 Å². The Morgan fingerprint density at radius 2 is 2.16 bits per heavy atom. The minimum absolute atomic E-state index is 0.0334. The smallest absolute Gasteiger partial charge is 0.225 e. The first-order valence-corrected chi connectivity index (χ1v) is 7.15. The van der Waals surface area contributed by atoms with Crippen LogP contribution in [0, 0.1) is 5.92 Å². The van der Waals surface area contributed by atoms with Crippen LogP contribution in [0.25, 0.3) is 0 Å². The Morgan fingerprint density at radius 3 is 2.89 bits per heavy atom. The molecule has 1 aliphatic rings. The van der Waals surface area contributed by atoms with Crippen LogP contribution < -0.4 is 10.6 Å². The third-order valence-electron chi connectivity index (χ3n) is 3.73. The number of rotatable bonds is 4. The van der Waals surface area contributed by atoms with E-state index in [1.807, 2.05) is 12.1 Å². The van der Waals surface area contributed by atoms with Gasteiger partial charge in [0.15, 0.2) is 0 Å². The first-order valence-electron chi connectivity index (χ1n) is 7.15. The summed E-state index contributed by atoms with van der Waals surface area (Å²) in [6.45, 7) is 7.06. The second kappa shape index (κ2) is 5.64. The minimum atomic E-state index is -0.108. The van der Waals surface area contributed by atoms with E-state index in [0.717, 1.165) is 25.8 Å². The van der Waals surface area contributed by atoms with Crippen molar-refractivity contribution in [3.05, 3.63) is 29.8 Å². The first kappa shape index (κ1) is 13.9. The van der Waals surface area contributed by atoms with E-state index >= 15 is 0 Å². The highest BCUT2D eigenvalue weighted by molar-refractivity contribution is 5.81. The maximum Gasteiger partial charge on any atom is 0.225 e. The van der Waals surface area contributed by atoms with E-state index in [1.54, 1.807) is 0 Å². The number of nitrogens with one attached hydrogen (secondary N) is 2. The zero-order chi connectivity index (χ0) is 13.9. The standard InChI is InChI=1S/C16H24N2O/c1-4-9-16(2,3)18-15(19)13-10-12-7-5-6-8-14(12)17-11-13/h5-8,13,17H,4,9-11H2,1-3H3,(H,18,19). The Bertz CT molecular complexity index is 454. The van der Waals surface area contributed by atoms with Crippen molar-refractivity contribution in [3.63, 3.8) is 0 Å². The Morgan fingerprint density at radius 1 is 1.42 bits per heavy atom. The predicted molar refractivity (Wildman–Crippen MR) is 79.3 cm³/mol. The van der Waals surface area contributed by atoms with Gasteiger partial charge < -0.3 is 10.6 Å². The molecule has 104 valence electrons. The fourth-order valence-electron chi connectivity index (χ4n) is 2.75. The van der Waals surface area contributed by atoms with Gasteiger partial charge in [0.05, 0.1) is 5.92 Å². The van der Waals surface area contributed by atoms with Crippen molar-refractivity contribution in [2.75, 3.05) is 11.9 Å². The molecule has 1 atom stereocenters. The highest BCUT2D eigenvalue weighted by Gasteiger charge is 2.28. The summed E-state index contributed by atoms with van der Waals surface area (Å²) in [4.78, 5) is 12.3. The molecule has 1 unspecified atom stereocenters. The lowest BCUT2D eigenvalue weighted by Crippen LogP contribution is -2.48. The van der Waals surface area contributed by atoms with Gasteiger partial charge in [-0.2, -0.15) is 0 Å². The topological polar surface area (TPSA) is 41.1 Å². The van der Waals surface area contributed by atoms with E-state index in [-0.39, 0.29) is 17.4 Å². The van der Waals surface area contributed by atoms with Gasteiger partial charge in [-0.1, -0.05) is 31.5 Å². The number of benzene rings is 1. The molecule has 1 aromatic rings. The zero-order valence-corrected chi connectivity index (χ0v) is 12.1. The van der Waals surface area contributed by atoms with Gasteiger partial charge in [0, 0.05) is 17.8 Å². The van der Waals surface area contributed by atoms with E-state index in [0.29, 0.717) is 0 Å². The van der Waals surface area contributed by atoms with Gasteiger partial charge in [-0.3, -0.25) is 4.79 Å². The third kappa shape index (κ3) is 3.49. The zero-order valence-electron chi connectivity index (χ0n) is 12.1. The molecule has 2 rings (SSSR count). The number of fused-ring (bicyclic) bond motifs is 1. The largest absolute Gasteiger partial charge is 0.384 e. The molecule has 1 aromatic carbocycles. The van der Waals surface area contributed by atoms with E-state index in [2.05, 4.69) is 43.5 Å². The van der Waals surface area contributed by atoms with Crippen molar-refractivity contribution in [2.45, 2.75) is 45.6 Å². The molecular formula is C16H24N2O. The molecule has 1 amide bonds. The quantitative estimate of drug-likeness (QED) is 0.874. The maximum absolute atomic E-state index is 12.3. The van der Waals surface area contributed by atoms with E-state index in [9.17, 15) is 4.79 Å². The molecule has 0 radical (unpaired) electrons. The molecular weight excluding hydrogens is 236 g/mol. The Hall–Kier alpha value is -1.51. The summed E-state index contributed by atoms with van der Waals surface area (Å²) in [7, 11) is 0. The number of hydrogen-bond donors (Lipinski definition) is 2. The molecule has 1 heterocycles. The van der Waals surface area contributed by atoms with Gasteiger partial charge in [-0.15, -0.1) is 0 Å². The van der Waals surface area contributed by atoms with Crippen LogP contribution in [0.4, 0.5) is 5.69 Å². The molecule has 0 saturated heterocycles. The summed E-state index contributed by atoms with van der Waals surface area (Å²) in [6, 6.07) is 8.22. The monoisotopic (exact) mass is 260 g/mol. The summed E-state index contributed by atoms with van der Waals surface area (Å²) in [6.07, 6.45) is 2.92. The van der Waals surface area contributed by atoms with Gasteiger partial charge in [0.25, 0.3) is 0 Å². The van der Waals surface area contributed by atoms with Gasteiger partial charge in [-0.05, 0) is 38.3 Å². The molecule has 0 aromatic heterocycles. The molecule has 0 saturated carbocycles. The fourth-order valence-corrected chi connectivity index (χ4v) is 2.75. The molecule has 3 nitrogen and oxygen atoms in total. The lowest BCUT2D eigenvalue weighted by Gasteiger charge is -2.31. The molecule has 3 heteroatoms. The molecule has 1 aliphatic heterocycles. The van der Waals surface area contributed by atoms with E-state index in [1.165, 1.54) is 11.3 Å². The predicted octanol–water partition coefficient (Wildman–Crippen LogP) is 2.97. The minimum Gasteiger partial charge on any atom is -0.384 e. The van der Waals surface area contributed by atoms with Crippen LogP contribution in [0.1, 0.15) is 39.2 Å². The maximum atomic E-state index is 12.3. The number of carbonyl (C=O) groups is 1. The lowest BCUT2D eigenvalue weighted by atomic mass is 9.91. The van der Waals surface area contributed by atoms with E-state index in [4.69, 9.17) is 0 Å². The van der Waals surface area contributed by atoms with Crippen molar-refractivity contribution in [1.82, 2.24) is 5.32 Å². The molecule has 0 aliphatic carbocycles. The number of amides is 1. The molecule has 0 spiro atoms. The Balaban J connectivity index is 1.99. The molecule has 0 bridgehead atoms. The normalized spacial score (nSPS) is 18.4. The average Bonchev–Trinajstić information content (AvgIpc) is 2.37. The number of hydrogen-bond acceptors (Lipinski definition) is 2. The highest BCUT2D eigenvalue weighted by Crippen LogP contribution is 2.25. The van der Waals surface area contributed by atoms with Crippen LogP contribution in [-0.4, -0.2) is 18.0 Å². The van der Waals surface area contributed by atoms with Crippen LogP contribution >= 0.6 is 0 Å². The van der Waals surface area contributed by atoms with Crippen LogP contribution in [0.5, 0.6) is 0 Å². The number of anilines is 1. The average molecular weight is 260 g/mol. The highest BCUT2D eigenvalue weighted by atomic mass is 16.2. The van der Waals surface area contributed by atoms with Crippen molar-refractivity contribution >= 4 is 11.6 Å². The summed E-state index contributed by atoms with van der Waals surface area (Å²) in [5, 5.41) is 6.53. The fraction of sp³-hybridized carbons (Fsp3) is 0.562. The SMILES string of the molecule is CCCC(C)(C)NC(=O)C1CNc2ccccc2C1. The second-order valence-electron chi connectivity index (χ2n) is 6.06. The van der Waals surface area contributed by atoms with Crippen molar-refractivity contribution in [1.29, 1.82) is 0 Å². The van der Waals surface area contributed by atoms with Crippen molar-refractivity contribution in [2.24, 2.45) is 5.92 Å².